The van der Waals surface area contributed by atoms with E-state index in [9.17, 15) is 13.2 Å². The van der Waals surface area contributed by atoms with E-state index in [0.717, 1.165) is 38.3 Å². The van der Waals surface area contributed by atoms with Gasteiger partial charge in [0.1, 0.15) is 0 Å². The van der Waals surface area contributed by atoms with Crippen LogP contribution >= 0.6 is 0 Å². The summed E-state index contributed by atoms with van der Waals surface area (Å²) in [5, 5.41) is 0. The fourth-order valence-corrected chi connectivity index (χ4v) is 6.32. The number of rotatable bonds is 6. The summed E-state index contributed by atoms with van der Waals surface area (Å²) in [6, 6.07) is 15.8. The van der Waals surface area contributed by atoms with Gasteiger partial charge in [-0.25, -0.2) is 8.42 Å². The molecule has 184 valence electrons. The molecule has 34 heavy (non-hydrogen) atoms. The Bertz CT molecular complexity index is 1070. The van der Waals surface area contributed by atoms with E-state index in [0.29, 0.717) is 36.7 Å². The quantitative estimate of drug-likeness (QED) is 0.626. The fourth-order valence-electron chi connectivity index (χ4n) is 4.85. The number of benzene rings is 2. The Labute approximate surface area is 204 Å². The number of amides is 1. The highest BCUT2D eigenvalue weighted by atomic mass is 32.2. The van der Waals surface area contributed by atoms with E-state index in [1.807, 2.05) is 24.0 Å². The van der Waals surface area contributed by atoms with Crippen LogP contribution in [0.2, 0.25) is 0 Å². The molecule has 2 aliphatic rings. The van der Waals surface area contributed by atoms with Crippen LogP contribution in [0, 0.1) is 12.8 Å². The van der Waals surface area contributed by atoms with Gasteiger partial charge in [-0.1, -0.05) is 55.8 Å². The highest BCUT2D eigenvalue weighted by molar-refractivity contribution is 7.89. The summed E-state index contributed by atoms with van der Waals surface area (Å²) in [6.07, 6.45) is 1.18. The highest BCUT2D eigenvalue weighted by Gasteiger charge is 2.34. The largest absolute Gasteiger partial charge is 0.340 e. The van der Waals surface area contributed by atoms with Crippen LogP contribution in [0.15, 0.2) is 53.4 Å². The number of hydrogen-bond acceptors (Lipinski definition) is 4. The van der Waals surface area contributed by atoms with Gasteiger partial charge in [0, 0.05) is 51.7 Å². The Kier molecular flexibility index (Phi) is 7.75. The molecule has 0 atom stereocenters. The fraction of sp³-hybridized carbons (Fsp3) is 0.519. The van der Waals surface area contributed by atoms with Gasteiger partial charge in [-0.15, -0.1) is 0 Å². The van der Waals surface area contributed by atoms with Crippen LogP contribution in [0.3, 0.4) is 0 Å². The summed E-state index contributed by atoms with van der Waals surface area (Å²) in [6.45, 7) is 11.3. The van der Waals surface area contributed by atoms with Crippen molar-refractivity contribution in [2.45, 2.75) is 51.0 Å². The summed E-state index contributed by atoms with van der Waals surface area (Å²) in [7, 11) is -3.50. The number of carbonyl (C=O) groups is 1. The lowest BCUT2D eigenvalue weighted by molar-refractivity contribution is -0.138. The first-order valence-electron chi connectivity index (χ1n) is 12.4. The van der Waals surface area contributed by atoms with Gasteiger partial charge in [0.25, 0.3) is 0 Å². The lowest BCUT2D eigenvalue weighted by atomic mass is 9.96. The molecule has 0 aliphatic carbocycles. The Hall–Kier alpha value is -2.22. The monoisotopic (exact) mass is 483 g/mol. The van der Waals surface area contributed by atoms with Crippen LogP contribution in [0.25, 0.3) is 0 Å². The number of hydrogen-bond donors (Lipinski definition) is 0. The Balaban J connectivity index is 1.25. The summed E-state index contributed by atoms with van der Waals surface area (Å²) < 4.78 is 27.4. The first kappa shape index (κ1) is 24.9. The van der Waals surface area contributed by atoms with Crippen LogP contribution in [0.5, 0.6) is 0 Å². The summed E-state index contributed by atoms with van der Waals surface area (Å²) in [4.78, 5) is 17.8. The minimum Gasteiger partial charge on any atom is -0.340 e. The van der Waals surface area contributed by atoms with Gasteiger partial charge < -0.3 is 4.90 Å². The molecule has 0 saturated carbocycles. The lowest BCUT2D eigenvalue weighted by Gasteiger charge is -2.38. The molecular formula is C27H37N3O3S. The molecule has 0 radical (unpaired) electrons. The first-order chi connectivity index (χ1) is 16.2. The average Bonchev–Trinajstić information content (AvgIpc) is 2.85. The van der Waals surface area contributed by atoms with E-state index in [4.69, 9.17) is 0 Å². The smallest absolute Gasteiger partial charge is 0.243 e. The molecule has 7 heteroatoms. The summed E-state index contributed by atoms with van der Waals surface area (Å²) >= 11 is 0. The van der Waals surface area contributed by atoms with Crippen molar-refractivity contribution in [1.82, 2.24) is 14.1 Å². The molecule has 2 saturated heterocycles. The van der Waals surface area contributed by atoms with Crippen LogP contribution in [-0.4, -0.2) is 67.7 Å². The van der Waals surface area contributed by atoms with E-state index in [1.165, 1.54) is 15.4 Å². The Morgan fingerprint density at radius 1 is 0.882 bits per heavy atom. The number of carbonyl (C=O) groups excluding carboxylic acids is 1. The maximum absolute atomic E-state index is 13.1. The van der Waals surface area contributed by atoms with Gasteiger partial charge >= 0.3 is 0 Å². The molecule has 2 heterocycles. The normalized spacial score (nSPS) is 19.0. The highest BCUT2D eigenvalue weighted by Crippen LogP contribution is 2.26. The molecule has 0 N–H and O–H groups in total. The maximum Gasteiger partial charge on any atom is 0.243 e. The molecule has 0 bridgehead atoms. The topological polar surface area (TPSA) is 60.9 Å². The van der Waals surface area contributed by atoms with Crippen molar-refractivity contribution in [3.05, 3.63) is 65.2 Å². The van der Waals surface area contributed by atoms with E-state index in [2.05, 4.69) is 43.0 Å². The van der Waals surface area contributed by atoms with Crippen molar-refractivity contribution >= 4 is 15.9 Å². The minimum atomic E-state index is -3.50. The molecular weight excluding hydrogens is 446 g/mol. The number of sulfonamides is 1. The average molecular weight is 484 g/mol. The van der Waals surface area contributed by atoms with Crippen molar-refractivity contribution < 1.29 is 13.2 Å². The third-order valence-corrected chi connectivity index (χ3v) is 9.11. The molecule has 2 fully saturated rings. The predicted molar refractivity (Wildman–Crippen MR) is 135 cm³/mol. The van der Waals surface area contributed by atoms with E-state index in [-0.39, 0.29) is 11.8 Å². The number of nitrogens with zero attached hydrogens (tertiary/aromatic N) is 3. The maximum atomic E-state index is 13.1. The molecule has 0 aromatic heterocycles. The molecule has 4 rings (SSSR count). The number of piperidine rings is 1. The van der Waals surface area contributed by atoms with Crippen molar-refractivity contribution in [2.24, 2.45) is 5.92 Å². The van der Waals surface area contributed by atoms with E-state index in [1.54, 1.807) is 12.1 Å². The third-order valence-electron chi connectivity index (χ3n) is 7.20. The molecule has 6 nitrogen and oxygen atoms in total. The van der Waals surface area contributed by atoms with Gasteiger partial charge in [0.15, 0.2) is 0 Å². The standard InChI is InChI=1S/C27H37N3O3S/c1-21(2)24-8-6-23(7-9-24)20-28-16-18-29(19-17-28)27(31)25-12-14-30(15-13-25)34(32,33)26-10-4-22(3)5-11-26/h4-11,21,25H,12-20H2,1-3H3. The van der Waals surface area contributed by atoms with Crippen molar-refractivity contribution in [1.29, 1.82) is 0 Å². The van der Waals surface area contributed by atoms with Gasteiger partial charge in [0.05, 0.1) is 4.90 Å². The minimum absolute atomic E-state index is 0.0837. The zero-order chi connectivity index (χ0) is 24.3. The summed E-state index contributed by atoms with van der Waals surface area (Å²) in [5.74, 6) is 0.645. The predicted octanol–water partition coefficient (Wildman–Crippen LogP) is 3.86. The SMILES string of the molecule is Cc1ccc(S(=O)(=O)N2CCC(C(=O)N3CCN(Cc4ccc(C(C)C)cc4)CC3)CC2)cc1. The van der Waals surface area contributed by atoms with Gasteiger partial charge in [0.2, 0.25) is 15.9 Å². The van der Waals surface area contributed by atoms with Gasteiger partial charge in [-0.2, -0.15) is 4.31 Å². The third kappa shape index (κ3) is 5.70. The van der Waals surface area contributed by atoms with E-state index < -0.39 is 10.0 Å². The van der Waals surface area contributed by atoms with Crippen LogP contribution < -0.4 is 0 Å². The molecule has 1 amide bonds. The second kappa shape index (κ2) is 10.6. The van der Waals surface area contributed by atoms with Crippen molar-refractivity contribution in [3.63, 3.8) is 0 Å². The Morgan fingerprint density at radius 2 is 1.47 bits per heavy atom. The zero-order valence-electron chi connectivity index (χ0n) is 20.6. The van der Waals surface area contributed by atoms with Gasteiger partial charge in [-0.05, 0) is 48.9 Å². The second-order valence-corrected chi connectivity index (χ2v) is 11.9. The summed E-state index contributed by atoms with van der Waals surface area (Å²) in [5.41, 5.74) is 3.70. The van der Waals surface area contributed by atoms with Crippen LogP contribution in [0.4, 0.5) is 0 Å². The Morgan fingerprint density at radius 3 is 2.03 bits per heavy atom. The molecule has 0 unspecified atom stereocenters. The number of aryl methyl sites for hydroxylation is 1. The van der Waals surface area contributed by atoms with Gasteiger partial charge in [-0.3, -0.25) is 9.69 Å². The van der Waals surface area contributed by atoms with Crippen molar-refractivity contribution in [3.8, 4) is 0 Å². The second-order valence-electron chi connectivity index (χ2n) is 9.99. The lowest BCUT2D eigenvalue weighted by Crippen LogP contribution is -2.51. The van der Waals surface area contributed by atoms with Crippen LogP contribution in [-0.2, 0) is 21.4 Å². The van der Waals surface area contributed by atoms with E-state index >= 15 is 0 Å². The number of piperazine rings is 1. The molecule has 2 aromatic rings. The zero-order valence-corrected chi connectivity index (χ0v) is 21.4. The molecule has 2 aliphatic heterocycles. The first-order valence-corrected chi connectivity index (χ1v) is 13.8. The van der Waals surface area contributed by atoms with Crippen molar-refractivity contribution in [2.75, 3.05) is 39.3 Å². The van der Waals surface area contributed by atoms with Crippen LogP contribution in [0.1, 0.15) is 49.3 Å². The molecule has 0 spiro atoms. The molecule has 2 aromatic carbocycles.